The van der Waals surface area contributed by atoms with Gasteiger partial charge in [-0.1, -0.05) is 23.8 Å². The summed E-state index contributed by atoms with van der Waals surface area (Å²) in [5, 5.41) is 8.69. The topological polar surface area (TPSA) is 59.3 Å². The molecule has 1 N–H and O–H groups in total. The first kappa shape index (κ1) is 13.1. The molecule has 98 valence electrons. The third-order valence-electron chi connectivity index (χ3n) is 2.99. The highest BCUT2D eigenvalue weighted by atomic mass is 16.4. The van der Waals surface area contributed by atoms with Crippen LogP contribution in [-0.4, -0.2) is 15.6 Å². The van der Waals surface area contributed by atoms with Crippen molar-refractivity contribution in [1.29, 1.82) is 0 Å². The zero-order valence-electron chi connectivity index (χ0n) is 10.9. The summed E-state index contributed by atoms with van der Waals surface area (Å²) in [6.07, 6.45) is 1.52. The summed E-state index contributed by atoms with van der Waals surface area (Å²) < 4.78 is 1.18. The average molecular weight is 257 g/mol. The van der Waals surface area contributed by atoms with E-state index in [9.17, 15) is 9.59 Å². The van der Waals surface area contributed by atoms with Gasteiger partial charge in [-0.15, -0.1) is 0 Å². The van der Waals surface area contributed by atoms with Crippen molar-refractivity contribution in [2.24, 2.45) is 0 Å². The Hall–Kier alpha value is -2.36. The second-order valence-electron chi connectivity index (χ2n) is 4.59. The fourth-order valence-corrected chi connectivity index (χ4v) is 2.09. The monoisotopic (exact) mass is 257 g/mol. The van der Waals surface area contributed by atoms with Gasteiger partial charge in [0.2, 0.25) is 0 Å². The molecule has 0 bridgehead atoms. The van der Waals surface area contributed by atoms with E-state index in [2.05, 4.69) is 6.07 Å². The van der Waals surface area contributed by atoms with Gasteiger partial charge in [0.1, 0.15) is 6.54 Å². The number of rotatable bonds is 3. The van der Waals surface area contributed by atoms with E-state index in [1.54, 1.807) is 6.07 Å². The Kier molecular flexibility index (Phi) is 3.51. The van der Waals surface area contributed by atoms with Crippen LogP contribution in [0, 0.1) is 13.8 Å². The SMILES string of the molecule is Cc1ccc(-c2ccn(CC(=O)O)c(=O)c2)c(C)c1. The van der Waals surface area contributed by atoms with E-state index in [0.29, 0.717) is 0 Å². The maximum Gasteiger partial charge on any atom is 0.323 e. The van der Waals surface area contributed by atoms with Crippen LogP contribution in [0.15, 0.2) is 41.3 Å². The van der Waals surface area contributed by atoms with Gasteiger partial charge in [0, 0.05) is 12.3 Å². The van der Waals surface area contributed by atoms with E-state index in [0.717, 1.165) is 16.7 Å². The van der Waals surface area contributed by atoms with Crippen LogP contribution in [-0.2, 0) is 11.3 Å². The number of benzene rings is 1. The van der Waals surface area contributed by atoms with Crippen molar-refractivity contribution < 1.29 is 9.90 Å². The fraction of sp³-hybridized carbons (Fsp3) is 0.200. The van der Waals surface area contributed by atoms with Gasteiger partial charge in [0.15, 0.2) is 0 Å². The molecule has 0 saturated heterocycles. The molecule has 0 saturated carbocycles. The van der Waals surface area contributed by atoms with Gasteiger partial charge in [-0.05, 0) is 36.6 Å². The van der Waals surface area contributed by atoms with Crippen LogP contribution >= 0.6 is 0 Å². The molecule has 1 aromatic carbocycles. The minimum Gasteiger partial charge on any atom is -0.480 e. The van der Waals surface area contributed by atoms with E-state index < -0.39 is 5.97 Å². The Morgan fingerprint density at radius 1 is 1.21 bits per heavy atom. The number of aromatic nitrogens is 1. The van der Waals surface area contributed by atoms with Gasteiger partial charge in [0.05, 0.1) is 0 Å². The van der Waals surface area contributed by atoms with Crippen molar-refractivity contribution in [3.8, 4) is 11.1 Å². The lowest BCUT2D eigenvalue weighted by atomic mass is 10.00. The summed E-state index contributed by atoms with van der Waals surface area (Å²) in [7, 11) is 0. The van der Waals surface area contributed by atoms with Gasteiger partial charge in [-0.3, -0.25) is 9.59 Å². The first-order chi connectivity index (χ1) is 8.97. The number of nitrogens with zero attached hydrogens (tertiary/aromatic N) is 1. The molecule has 1 aromatic heterocycles. The Bertz CT molecular complexity index is 686. The van der Waals surface area contributed by atoms with Crippen LogP contribution in [0.25, 0.3) is 11.1 Å². The zero-order chi connectivity index (χ0) is 14.0. The quantitative estimate of drug-likeness (QED) is 0.917. The molecule has 0 fully saturated rings. The lowest BCUT2D eigenvalue weighted by Gasteiger charge is -2.08. The van der Waals surface area contributed by atoms with Crippen molar-refractivity contribution in [3.05, 3.63) is 58.0 Å². The van der Waals surface area contributed by atoms with Gasteiger partial charge < -0.3 is 9.67 Å². The Morgan fingerprint density at radius 2 is 1.95 bits per heavy atom. The number of carboxylic acid groups (broad SMARTS) is 1. The van der Waals surface area contributed by atoms with Crippen LogP contribution in [0.5, 0.6) is 0 Å². The molecule has 2 rings (SSSR count). The maximum absolute atomic E-state index is 11.8. The van der Waals surface area contributed by atoms with Crippen molar-refractivity contribution in [3.63, 3.8) is 0 Å². The minimum atomic E-state index is -1.03. The van der Waals surface area contributed by atoms with Crippen LogP contribution in [0.4, 0.5) is 0 Å². The van der Waals surface area contributed by atoms with E-state index in [1.807, 2.05) is 26.0 Å². The number of aliphatic carboxylic acids is 1. The highest BCUT2D eigenvalue weighted by Gasteiger charge is 2.06. The van der Waals surface area contributed by atoms with Crippen molar-refractivity contribution in [2.75, 3.05) is 0 Å². The second-order valence-corrected chi connectivity index (χ2v) is 4.59. The van der Waals surface area contributed by atoms with Gasteiger partial charge >= 0.3 is 5.97 Å². The molecule has 19 heavy (non-hydrogen) atoms. The fourth-order valence-electron chi connectivity index (χ4n) is 2.09. The third kappa shape index (κ3) is 2.91. The van der Waals surface area contributed by atoms with Gasteiger partial charge in [-0.25, -0.2) is 0 Å². The van der Waals surface area contributed by atoms with E-state index in [-0.39, 0.29) is 12.1 Å². The summed E-state index contributed by atoms with van der Waals surface area (Å²) >= 11 is 0. The molecule has 0 radical (unpaired) electrons. The van der Waals surface area contributed by atoms with E-state index in [1.165, 1.54) is 22.4 Å². The van der Waals surface area contributed by atoms with Crippen LogP contribution in [0.1, 0.15) is 11.1 Å². The maximum atomic E-state index is 11.8. The van der Waals surface area contributed by atoms with Crippen LogP contribution in [0.2, 0.25) is 0 Å². The highest BCUT2D eigenvalue weighted by Crippen LogP contribution is 2.22. The molecule has 0 unspecified atom stereocenters. The highest BCUT2D eigenvalue weighted by molar-refractivity contribution is 5.68. The first-order valence-corrected chi connectivity index (χ1v) is 5.97. The molecular weight excluding hydrogens is 242 g/mol. The number of carboxylic acids is 1. The molecule has 0 aliphatic carbocycles. The summed E-state index contributed by atoms with van der Waals surface area (Å²) in [5.74, 6) is -1.03. The number of aryl methyl sites for hydroxylation is 2. The Morgan fingerprint density at radius 3 is 2.53 bits per heavy atom. The van der Waals surface area contributed by atoms with Crippen LogP contribution in [0.3, 0.4) is 0 Å². The standard InChI is InChI=1S/C15H15NO3/c1-10-3-4-13(11(2)7-10)12-5-6-16(9-15(18)19)14(17)8-12/h3-8H,9H2,1-2H3,(H,18,19). The van der Waals surface area contributed by atoms with Crippen molar-refractivity contribution in [1.82, 2.24) is 4.57 Å². The number of carbonyl (C=O) groups is 1. The first-order valence-electron chi connectivity index (χ1n) is 5.97. The van der Waals surface area contributed by atoms with Crippen LogP contribution < -0.4 is 5.56 Å². The Labute approximate surface area is 110 Å². The molecule has 0 atom stereocenters. The van der Waals surface area contributed by atoms with E-state index >= 15 is 0 Å². The largest absolute Gasteiger partial charge is 0.480 e. The summed E-state index contributed by atoms with van der Waals surface area (Å²) in [6, 6.07) is 9.26. The number of hydrogen-bond donors (Lipinski definition) is 1. The third-order valence-corrected chi connectivity index (χ3v) is 2.99. The Balaban J connectivity index is 2.44. The second kappa shape index (κ2) is 5.10. The molecule has 1 heterocycles. The summed E-state index contributed by atoms with van der Waals surface area (Å²) in [4.78, 5) is 22.4. The molecule has 0 aliphatic heterocycles. The lowest BCUT2D eigenvalue weighted by molar-refractivity contribution is -0.137. The smallest absolute Gasteiger partial charge is 0.323 e. The van der Waals surface area contributed by atoms with E-state index in [4.69, 9.17) is 5.11 Å². The average Bonchev–Trinajstić information content (AvgIpc) is 2.31. The van der Waals surface area contributed by atoms with Gasteiger partial charge in [0.25, 0.3) is 5.56 Å². The van der Waals surface area contributed by atoms with Gasteiger partial charge in [-0.2, -0.15) is 0 Å². The predicted molar refractivity (Wildman–Crippen MR) is 73.2 cm³/mol. The molecule has 0 spiro atoms. The zero-order valence-corrected chi connectivity index (χ0v) is 10.9. The number of pyridine rings is 1. The number of hydrogen-bond acceptors (Lipinski definition) is 2. The summed E-state index contributed by atoms with van der Waals surface area (Å²) in [6.45, 7) is 3.69. The normalized spacial score (nSPS) is 10.4. The molecule has 2 aromatic rings. The molecule has 0 aliphatic rings. The molecule has 0 amide bonds. The summed E-state index contributed by atoms with van der Waals surface area (Å²) in [5.41, 5.74) is 3.75. The predicted octanol–water partition coefficient (Wildman–Crippen LogP) is 2.22. The molecular formula is C15H15NO3. The lowest BCUT2D eigenvalue weighted by Crippen LogP contribution is -2.22. The van der Waals surface area contributed by atoms with Crippen molar-refractivity contribution >= 4 is 5.97 Å². The molecule has 4 nitrogen and oxygen atoms in total. The molecule has 4 heteroatoms. The van der Waals surface area contributed by atoms with Crippen molar-refractivity contribution in [2.45, 2.75) is 20.4 Å². The minimum absolute atomic E-state index is 0.306.